The minimum atomic E-state index is -5.27. The number of amides is 2. The molecule has 0 aromatic heterocycles. The van der Waals surface area contributed by atoms with E-state index in [9.17, 15) is 23.1 Å². The molecule has 32 heavy (non-hydrogen) atoms. The summed E-state index contributed by atoms with van der Waals surface area (Å²) < 4.78 is 42.1. The standard InChI is InChI=1S/C19H18FNO9P2/c20-15-7-6-12(11-17(31(24,25)26)32(27,28)29)10-16(15)30-9-3-8-21-18(22)13-4-1-2-5-14(13)19(21)23/h1-2,4-7,10-11H,3,8-9H2,(H2,24,25,26)(H2,27,28,29). The number of halogens is 1. The lowest BCUT2D eigenvalue weighted by Crippen LogP contribution is -2.31. The molecule has 4 N–H and O–H groups in total. The van der Waals surface area contributed by atoms with Gasteiger partial charge in [0, 0.05) is 6.54 Å². The van der Waals surface area contributed by atoms with Gasteiger partial charge in [-0.2, -0.15) is 0 Å². The van der Waals surface area contributed by atoms with Crippen LogP contribution in [0.25, 0.3) is 6.08 Å². The maximum Gasteiger partial charge on any atom is 0.364 e. The Labute approximate surface area is 181 Å². The molecule has 0 spiro atoms. The predicted molar refractivity (Wildman–Crippen MR) is 110 cm³/mol. The molecule has 0 radical (unpaired) electrons. The van der Waals surface area contributed by atoms with Crippen molar-refractivity contribution in [3.8, 4) is 5.75 Å². The van der Waals surface area contributed by atoms with Gasteiger partial charge in [-0.3, -0.25) is 23.6 Å². The zero-order chi connectivity index (χ0) is 23.7. The Morgan fingerprint density at radius 1 is 0.969 bits per heavy atom. The lowest BCUT2D eigenvalue weighted by Gasteiger charge is -2.14. The highest BCUT2D eigenvalue weighted by Crippen LogP contribution is 2.64. The maximum absolute atomic E-state index is 14.0. The normalized spacial score (nSPS) is 13.8. The summed E-state index contributed by atoms with van der Waals surface area (Å²) in [6.07, 6.45) is 0.744. The second-order valence-electron chi connectivity index (χ2n) is 6.79. The van der Waals surface area contributed by atoms with Crippen molar-refractivity contribution in [2.24, 2.45) is 0 Å². The third-order valence-corrected chi connectivity index (χ3v) is 7.52. The molecule has 170 valence electrons. The summed E-state index contributed by atoms with van der Waals surface area (Å²) in [4.78, 5) is 62.3. The highest BCUT2D eigenvalue weighted by molar-refractivity contribution is 7.77. The summed E-state index contributed by atoms with van der Waals surface area (Å²) in [6, 6.07) is 9.36. The zero-order valence-electron chi connectivity index (χ0n) is 16.3. The molecule has 2 aromatic rings. The molecule has 0 saturated carbocycles. The molecule has 13 heteroatoms. The molecule has 2 amide bonds. The lowest BCUT2D eigenvalue weighted by atomic mass is 10.1. The molecule has 3 rings (SSSR count). The lowest BCUT2D eigenvalue weighted by molar-refractivity contribution is 0.0646. The van der Waals surface area contributed by atoms with E-state index in [2.05, 4.69) is 0 Å². The summed E-state index contributed by atoms with van der Waals surface area (Å²) in [5.74, 6) is -2.04. The van der Waals surface area contributed by atoms with Crippen molar-refractivity contribution in [2.45, 2.75) is 6.42 Å². The molecule has 0 aliphatic carbocycles. The van der Waals surface area contributed by atoms with Gasteiger partial charge in [-0.25, -0.2) is 4.39 Å². The Kier molecular flexibility index (Phi) is 6.80. The Hall–Kier alpha value is -2.65. The van der Waals surface area contributed by atoms with Crippen LogP contribution in [0.4, 0.5) is 4.39 Å². The van der Waals surface area contributed by atoms with Crippen LogP contribution in [-0.4, -0.2) is 49.4 Å². The molecule has 0 atom stereocenters. The van der Waals surface area contributed by atoms with Crippen molar-refractivity contribution in [1.82, 2.24) is 4.90 Å². The van der Waals surface area contributed by atoms with Crippen molar-refractivity contribution in [1.29, 1.82) is 0 Å². The van der Waals surface area contributed by atoms with Gasteiger partial charge in [0.2, 0.25) is 0 Å². The van der Waals surface area contributed by atoms with E-state index >= 15 is 0 Å². The number of nitrogens with zero attached hydrogens (tertiary/aromatic N) is 1. The number of benzene rings is 2. The van der Waals surface area contributed by atoms with Gasteiger partial charge in [0.1, 0.15) is 0 Å². The summed E-state index contributed by atoms with van der Waals surface area (Å²) in [6.45, 7) is -0.0878. The topological polar surface area (TPSA) is 162 Å². The van der Waals surface area contributed by atoms with Gasteiger partial charge in [-0.15, -0.1) is 0 Å². The van der Waals surface area contributed by atoms with Gasteiger partial charge in [0.05, 0.1) is 17.7 Å². The number of rotatable bonds is 8. The number of ether oxygens (including phenoxy) is 1. The number of imide groups is 1. The Morgan fingerprint density at radius 3 is 2.06 bits per heavy atom. The third kappa shape index (κ3) is 5.21. The molecule has 0 unspecified atom stereocenters. The molecular weight excluding hydrogens is 467 g/mol. The Balaban J connectivity index is 1.67. The van der Waals surface area contributed by atoms with Crippen LogP contribution in [0.15, 0.2) is 47.5 Å². The average Bonchev–Trinajstić information content (AvgIpc) is 2.94. The van der Waals surface area contributed by atoms with Crippen molar-refractivity contribution >= 4 is 33.1 Å². The first-order valence-electron chi connectivity index (χ1n) is 9.11. The van der Waals surface area contributed by atoms with Crippen LogP contribution < -0.4 is 4.74 Å². The highest BCUT2D eigenvalue weighted by Gasteiger charge is 2.36. The van der Waals surface area contributed by atoms with E-state index in [0.717, 1.165) is 23.1 Å². The fourth-order valence-electron chi connectivity index (χ4n) is 3.05. The van der Waals surface area contributed by atoms with Gasteiger partial charge in [-0.05, 0) is 42.3 Å². The number of hydrogen-bond donors (Lipinski definition) is 4. The second kappa shape index (κ2) is 9.07. The number of fused-ring (bicyclic) bond motifs is 1. The molecule has 1 aliphatic rings. The van der Waals surface area contributed by atoms with Gasteiger partial charge in [0.15, 0.2) is 16.6 Å². The van der Waals surface area contributed by atoms with Crippen LogP contribution in [0.2, 0.25) is 0 Å². The van der Waals surface area contributed by atoms with E-state index in [0.29, 0.717) is 17.2 Å². The molecular formula is C19H18FNO9P2. The van der Waals surface area contributed by atoms with Crippen molar-refractivity contribution in [3.05, 3.63) is 70.0 Å². The Morgan fingerprint density at radius 2 is 1.53 bits per heavy atom. The fourth-order valence-corrected chi connectivity index (χ4v) is 5.05. The summed E-state index contributed by atoms with van der Waals surface area (Å²) >= 11 is 0. The minimum absolute atomic E-state index is 0.0219. The number of hydrogen-bond acceptors (Lipinski definition) is 5. The van der Waals surface area contributed by atoms with E-state index in [1.165, 1.54) is 0 Å². The molecule has 0 fully saturated rings. The monoisotopic (exact) mass is 485 g/mol. The molecule has 2 aromatic carbocycles. The van der Waals surface area contributed by atoms with E-state index in [4.69, 9.17) is 24.3 Å². The fraction of sp³-hybridized carbons (Fsp3) is 0.158. The second-order valence-corrected chi connectivity index (χ2v) is 10.3. The van der Waals surface area contributed by atoms with E-state index in [1.807, 2.05) is 0 Å². The first kappa shape index (κ1) is 24.0. The molecule has 1 aliphatic heterocycles. The van der Waals surface area contributed by atoms with Crippen LogP contribution in [0.3, 0.4) is 0 Å². The molecule has 1 heterocycles. The largest absolute Gasteiger partial charge is 0.490 e. The van der Waals surface area contributed by atoms with E-state index in [1.54, 1.807) is 24.3 Å². The van der Waals surface area contributed by atoms with Crippen molar-refractivity contribution in [3.63, 3.8) is 0 Å². The minimum Gasteiger partial charge on any atom is -0.490 e. The number of carbonyl (C=O) groups is 2. The van der Waals surface area contributed by atoms with E-state index in [-0.39, 0.29) is 30.9 Å². The molecule has 0 saturated heterocycles. The summed E-state index contributed by atoms with van der Waals surface area (Å²) in [5.41, 5.74) is 0.494. The smallest absolute Gasteiger partial charge is 0.364 e. The SMILES string of the molecule is O=C1c2ccccc2C(=O)N1CCCOc1cc(C=C(P(=O)(O)O)P(=O)(O)O)ccc1F. The van der Waals surface area contributed by atoms with Gasteiger partial charge >= 0.3 is 15.2 Å². The van der Waals surface area contributed by atoms with Crippen LogP contribution in [0.5, 0.6) is 5.75 Å². The summed E-state index contributed by atoms with van der Waals surface area (Å²) in [7, 11) is -10.5. The third-order valence-electron chi connectivity index (χ3n) is 4.51. The predicted octanol–water partition coefficient (Wildman–Crippen LogP) is 2.54. The Bertz CT molecular complexity index is 1140. The van der Waals surface area contributed by atoms with Crippen molar-refractivity contribution in [2.75, 3.05) is 13.2 Å². The van der Waals surface area contributed by atoms with Crippen LogP contribution in [0, 0.1) is 5.82 Å². The van der Waals surface area contributed by atoms with Crippen molar-refractivity contribution < 1.29 is 47.4 Å². The first-order chi connectivity index (χ1) is 14.9. The quantitative estimate of drug-likeness (QED) is 0.250. The van der Waals surface area contributed by atoms with Gasteiger partial charge < -0.3 is 24.3 Å². The molecule has 0 bridgehead atoms. The van der Waals surface area contributed by atoms with Gasteiger partial charge in [0.25, 0.3) is 11.8 Å². The first-order valence-corrected chi connectivity index (χ1v) is 12.3. The van der Waals surface area contributed by atoms with Gasteiger partial charge in [-0.1, -0.05) is 18.2 Å². The maximum atomic E-state index is 14.0. The summed E-state index contributed by atoms with van der Waals surface area (Å²) in [5, 5.41) is -1.41. The highest BCUT2D eigenvalue weighted by atomic mass is 31.2. The molecule has 10 nitrogen and oxygen atoms in total. The number of carbonyl (C=O) groups excluding carboxylic acids is 2. The van der Waals surface area contributed by atoms with Crippen LogP contribution >= 0.6 is 15.2 Å². The van der Waals surface area contributed by atoms with Crippen LogP contribution in [0.1, 0.15) is 32.7 Å². The van der Waals surface area contributed by atoms with Crippen LogP contribution in [-0.2, 0) is 9.13 Å². The zero-order valence-corrected chi connectivity index (χ0v) is 18.1. The average molecular weight is 485 g/mol. The van der Waals surface area contributed by atoms with E-state index < -0.39 is 37.9 Å².